The van der Waals surface area contributed by atoms with Crippen LogP contribution in [0, 0.1) is 0 Å². The lowest BCUT2D eigenvalue weighted by atomic mass is 10.2. The van der Waals surface area contributed by atoms with Gasteiger partial charge in [-0.2, -0.15) is 0 Å². The highest BCUT2D eigenvalue weighted by Gasteiger charge is 2.32. The quantitative estimate of drug-likeness (QED) is 0.578. The van der Waals surface area contributed by atoms with E-state index in [9.17, 15) is 0 Å². The summed E-state index contributed by atoms with van der Waals surface area (Å²) >= 11 is 0. The first-order valence-electron chi connectivity index (χ1n) is 3.69. The third-order valence-electron chi connectivity index (χ3n) is 1.79. The van der Waals surface area contributed by atoms with E-state index in [1.807, 2.05) is 6.92 Å². The summed E-state index contributed by atoms with van der Waals surface area (Å²) in [6, 6.07) is 0.413. The van der Waals surface area contributed by atoms with Crippen molar-refractivity contribution in [3.05, 3.63) is 0 Å². The van der Waals surface area contributed by atoms with Gasteiger partial charge in [0, 0.05) is 19.1 Å². The molecule has 0 bridgehead atoms. The van der Waals surface area contributed by atoms with Crippen LogP contribution in [0.15, 0.2) is 0 Å². The number of aliphatic hydroxyl groups is 1. The van der Waals surface area contributed by atoms with Crippen LogP contribution >= 0.6 is 0 Å². The van der Waals surface area contributed by atoms with Crippen molar-refractivity contribution in [3.63, 3.8) is 0 Å². The van der Waals surface area contributed by atoms with Gasteiger partial charge in [0.25, 0.3) is 0 Å². The predicted molar refractivity (Wildman–Crippen MR) is 38.7 cm³/mol. The maximum absolute atomic E-state index is 8.66. The third-order valence-corrected chi connectivity index (χ3v) is 1.79. The average molecular weight is 145 g/mol. The van der Waals surface area contributed by atoms with Crippen LogP contribution in [0.5, 0.6) is 0 Å². The molecule has 2 atom stereocenters. The highest BCUT2D eigenvalue weighted by atomic mass is 16.5. The van der Waals surface area contributed by atoms with Gasteiger partial charge in [-0.1, -0.05) is 0 Å². The average Bonchev–Trinajstić information content (AvgIpc) is 2.12. The molecule has 1 aliphatic heterocycles. The van der Waals surface area contributed by atoms with Crippen molar-refractivity contribution >= 4 is 0 Å². The van der Waals surface area contributed by atoms with Crippen LogP contribution in [0.1, 0.15) is 20.3 Å². The first-order chi connectivity index (χ1) is 4.66. The summed E-state index contributed by atoms with van der Waals surface area (Å²) in [7, 11) is 0. The molecule has 1 aliphatic rings. The SMILES string of the molecule is CC1COC(C)(CCO)N1. The third kappa shape index (κ3) is 1.68. The lowest BCUT2D eigenvalue weighted by Crippen LogP contribution is -2.41. The Morgan fingerprint density at radius 3 is 2.90 bits per heavy atom. The van der Waals surface area contributed by atoms with E-state index in [1.165, 1.54) is 0 Å². The second-order valence-corrected chi connectivity index (χ2v) is 3.06. The summed E-state index contributed by atoms with van der Waals surface area (Å²) in [6.07, 6.45) is 0.664. The van der Waals surface area contributed by atoms with Crippen LogP contribution < -0.4 is 5.32 Å². The lowest BCUT2D eigenvalue weighted by molar-refractivity contribution is -0.0121. The van der Waals surface area contributed by atoms with E-state index in [-0.39, 0.29) is 12.3 Å². The Bertz CT molecular complexity index is 114. The second kappa shape index (κ2) is 2.86. The van der Waals surface area contributed by atoms with Gasteiger partial charge < -0.3 is 9.84 Å². The largest absolute Gasteiger partial charge is 0.396 e. The van der Waals surface area contributed by atoms with E-state index in [1.54, 1.807) is 0 Å². The Labute approximate surface area is 61.4 Å². The van der Waals surface area contributed by atoms with Crippen molar-refractivity contribution in [2.24, 2.45) is 0 Å². The molecule has 10 heavy (non-hydrogen) atoms. The van der Waals surface area contributed by atoms with Crippen LogP contribution in [0.4, 0.5) is 0 Å². The standard InChI is InChI=1S/C7H15NO2/c1-6-5-10-7(2,8-6)3-4-9/h6,8-9H,3-5H2,1-2H3. The molecular weight excluding hydrogens is 130 g/mol. The summed E-state index contributed by atoms with van der Waals surface area (Å²) in [5.74, 6) is 0. The van der Waals surface area contributed by atoms with Crippen molar-refractivity contribution in [3.8, 4) is 0 Å². The minimum atomic E-state index is -0.284. The molecule has 0 radical (unpaired) electrons. The highest BCUT2D eigenvalue weighted by Crippen LogP contribution is 2.18. The molecule has 1 heterocycles. The number of hydrogen-bond donors (Lipinski definition) is 2. The molecule has 2 unspecified atom stereocenters. The monoisotopic (exact) mass is 145 g/mol. The number of nitrogens with one attached hydrogen (secondary N) is 1. The molecule has 0 aromatic carbocycles. The topological polar surface area (TPSA) is 41.5 Å². The number of aliphatic hydroxyl groups excluding tert-OH is 1. The van der Waals surface area contributed by atoms with Crippen molar-refractivity contribution < 1.29 is 9.84 Å². The molecule has 60 valence electrons. The molecule has 0 spiro atoms. The molecule has 3 heteroatoms. The van der Waals surface area contributed by atoms with Crippen molar-refractivity contribution in [2.75, 3.05) is 13.2 Å². The van der Waals surface area contributed by atoms with Gasteiger partial charge in [0.1, 0.15) is 5.72 Å². The van der Waals surface area contributed by atoms with Crippen molar-refractivity contribution in [1.82, 2.24) is 5.32 Å². The van der Waals surface area contributed by atoms with Gasteiger partial charge in [0.2, 0.25) is 0 Å². The Hall–Kier alpha value is -0.120. The van der Waals surface area contributed by atoms with E-state index in [0.29, 0.717) is 12.5 Å². The zero-order chi connectivity index (χ0) is 7.61. The van der Waals surface area contributed by atoms with Crippen LogP contribution in [-0.2, 0) is 4.74 Å². The molecule has 0 saturated carbocycles. The Morgan fingerprint density at radius 1 is 1.80 bits per heavy atom. The fourth-order valence-electron chi connectivity index (χ4n) is 1.27. The molecule has 0 aliphatic carbocycles. The van der Waals surface area contributed by atoms with E-state index >= 15 is 0 Å². The van der Waals surface area contributed by atoms with Gasteiger partial charge in [-0.05, 0) is 13.8 Å². The molecule has 1 fully saturated rings. The Morgan fingerprint density at radius 2 is 2.50 bits per heavy atom. The summed E-state index contributed by atoms with van der Waals surface area (Å²) in [4.78, 5) is 0. The zero-order valence-electron chi connectivity index (χ0n) is 6.55. The van der Waals surface area contributed by atoms with Crippen LogP contribution in [0.25, 0.3) is 0 Å². The van der Waals surface area contributed by atoms with Crippen LogP contribution in [-0.4, -0.2) is 30.1 Å². The number of hydrogen-bond acceptors (Lipinski definition) is 3. The van der Waals surface area contributed by atoms with Gasteiger partial charge in [-0.3, -0.25) is 5.32 Å². The highest BCUT2D eigenvalue weighted by molar-refractivity contribution is 4.82. The Kier molecular flexibility index (Phi) is 2.28. The van der Waals surface area contributed by atoms with Crippen LogP contribution in [0.2, 0.25) is 0 Å². The predicted octanol–water partition coefficient (Wildman–Crippen LogP) is 0.0933. The smallest absolute Gasteiger partial charge is 0.118 e. The summed E-state index contributed by atoms with van der Waals surface area (Å²) < 4.78 is 5.42. The molecular formula is C7H15NO2. The number of rotatable bonds is 2. The fraction of sp³-hybridized carbons (Fsp3) is 1.00. The molecule has 0 aromatic heterocycles. The first kappa shape index (κ1) is 7.98. The summed E-state index contributed by atoms with van der Waals surface area (Å²) in [5.41, 5.74) is -0.284. The minimum Gasteiger partial charge on any atom is -0.396 e. The van der Waals surface area contributed by atoms with E-state index in [0.717, 1.165) is 6.61 Å². The van der Waals surface area contributed by atoms with Gasteiger partial charge in [0.05, 0.1) is 6.61 Å². The zero-order valence-corrected chi connectivity index (χ0v) is 6.55. The normalized spacial score (nSPS) is 40.5. The minimum absolute atomic E-state index is 0.177. The maximum Gasteiger partial charge on any atom is 0.118 e. The molecule has 1 saturated heterocycles. The number of ether oxygens (including phenoxy) is 1. The van der Waals surface area contributed by atoms with Crippen molar-refractivity contribution in [1.29, 1.82) is 0 Å². The van der Waals surface area contributed by atoms with Gasteiger partial charge in [0.15, 0.2) is 0 Å². The molecule has 0 aromatic rings. The second-order valence-electron chi connectivity index (χ2n) is 3.06. The van der Waals surface area contributed by atoms with Crippen LogP contribution in [0.3, 0.4) is 0 Å². The summed E-state index contributed by atoms with van der Waals surface area (Å²) in [6.45, 7) is 4.96. The van der Waals surface area contributed by atoms with E-state index in [4.69, 9.17) is 9.84 Å². The van der Waals surface area contributed by atoms with Gasteiger partial charge in [-0.15, -0.1) is 0 Å². The van der Waals surface area contributed by atoms with Gasteiger partial charge >= 0.3 is 0 Å². The summed E-state index contributed by atoms with van der Waals surface area (Å²) in [5, 5.41) is 11.9. The van der Waals surface area contributed by atoms with Crippen molar-refractivity contribution in [2.45, 2.75) is 32.0 Å². The lowest BCUT2D eigenvalue weighted by Gasteiger charge is -2.22. The fourth-order valence-corrected chi connectivity index (χ4v) is 1.27. The van der Waals surface area contributed by atoms with E-state index < -0.39 is 0 Å². The molecule has 3 nitrogen and oxygen atoms in total. The molecule has 2 N–H and O–H groups in total. The molecule has 0 amide bonds. The van der Waals surface area contributed by atoms with Gasteiger partial charge in [-0.25, -0.2) is 0 Å². The first-order valence-corrected chi connectivity index (χ1v) is 3.69. The Balaban J connectivity index is 2.38. The maximum atomic E-state index is 8.66. The molecule has 1 rings (SSSR count). The van der Waals surface area contributed by atoms with E-state index in [2.05, 4.69) is 12.2 Å².